The number of nitriles is 3. The molecule has 1 aromatic rings. The predicted molar refractivity (Wildman–Crippen MR) is 97.8 cm³/mol. The van der Waals surface area contributed by atoms with E-state index in [0.29, 0.717) is 18.4 Å². The van der Waals surface area contributed by atoms with Crippen LogP contribution in [0.3, 0.4) is 0 Å². The highest BCUT2D eigenvalue weighted by atomic mass is 79.9. The van der Waals surface area contributed by atoms with Crippen LogP contribution in [0.1, 0.15) is 43.8 Å². The highest BCUT2D eigenvalue weighted by Gasteiger charge is 2.80. The lowest BCUT2D eigenvalue weighted by molar-refractivity contribution is -0.284. The van der Waals surface area contributed by atoms with Gasteiger partial charge < -0.3 is 9.47 Å². The van der Waals surface area contributed by atoms with E-state index in [9.17, 15) is 15.8 Å². The molecule has 1 aromatic carbocycles. The second-order valence-corrected chi connectivity index (χ2v) is 8.31. The quantitative estimate of drug-likeness (QED) is 0.719. The van der Waals surface area contributed by atoms with Gasteiger partial charge in [0, 0.05) is 10.9 Å². The molecule has 1 N–H and O–H groups in total. The highest BCUT2D eigenvalue weighted by molar-refractivity contribution is 9.10. The van der Waals surface area contributed by atoms with Crippen LogP contribution in [-0.4, -0.2) is 11.7 Å². The van der Waals surface area contributed by atoms with Crippen LogP contribution in [0, 0.1) is 56.2 Å². The Morgan fingerprint density at radius 1 is 1.04 bits per heavy atom. The van der Waals surface area contributed by atoms with Crippen LogP contribution in [0.15, 0.2) is 28.7 Å². The molecule has 2 saturated heterocycles. The molecule has 3 fully saturated rings. The first-order chi connectivity index (χ1) is 13.0. The molecule has 4 rings (SSSR count). The van der Waals surface area contributed by atoms with Crippen molar-refractivity contribution >= 4 is 21.8 Å². The van der Waals surface area contributed by atoms with Gasteiger partial charge in [-0.05, 0) is 30.5 Å². The van der Waals surface area contributed by atoms with E-state index in [4.69, 9.17) is 14.9 Å². The van der Waals surface area contributed by atoms with Crippen molar-refractivity contribution in [1.82, 2.24) is 0 Å². The Bertz CT molecular complexity index is 911. The third kappa shape index (κ3) is 2.09. The molecule has 136 valence electrons. The van der Waals surface area contributed by atoms with E-state index in [0.717, 1.165) is 23.7 Å². The lowest BCUT2D eigenvalue weighted by atomic mass is 9.52. The standard InChI is InChI=1S/C20H17BrN4O2/c21-14-7-5-13(6-8-14)16-18(10-22,11-23)19(12-24)15-4-2-1-3-9-20(15,26-16)27-17(19)25/h5-8,15-16,25H,1-4,9H2/t15-,16+,19-,20+/m0/s1. The van der Waals surface area contributed by atoms with Crippen molar-refractivity contribution in [2.45, 2.75) is 44.0 Å². The average molecular weight is 425 g/mol. The molecule has 0 radical (unpaired) electrons. The molecule has 0 unspecified atom stereocenters. The van der Waals surface area contributed by atoms with E-state index in [1.807, 2.05) is 12.1 Å². The topological polar surface area (TPSA) is 114 Å². The fraction of sp³-hybridized carbons (Fsp3) is 0.500. The van der Waals surface area contributed by atoms with Gasteiger partial charge in [0.15, 0.2) is 5.41 Å². The molecule has 0 spiro atoms. The summed E-state index contributed by atoms with van der Waals surface area (Å²) in [5, 5.41) is 39.0. The van der Waals surface area contributed by atoms with E-state index < -0.39 is 28.6 Å². The Labute approximate surface area is 165 Å². The SMILES string of the molecule is N#CC1(C#N)[C@@H](c2ccc(Br)cc2)O[C@@]23CCCCC[C@H]2[C@@]1(C#N)C(=N)O3. The molecule has 0 aromatic heterocycles. The van der Waals surface area contributed by atoms with Crippen LogP contribution in [-0.2, 0) is 9.47 Å². The van der Waals surface area contributed by atoms with Crippen molar-refractivity contribution in [2.24, 2.45) is 16.7 Å². The van der Waals surface area contributed by atoms with E-state index in [1.165, 1.54) is 0 Å². The molecule has 2 aliphatic heterocycles. The van der Waals surface area contributed by atoms with Crippen LogP contribution in [0.5, 0.6) is 0 Å². The van der Waals surface area contributed by atoms with E-state index in [-0.39, 0.29) is 5.90 Å². The normalized spacial score (nSPS) is 36.3. The van der Waals surface area contributed by atoms with Gasteiger partial charge in [0.2, 0.25) is 17.1 Å². The van der Waals surface area contributed by atoms with Crippen molar-refractivity contribution in [1.29, 1.82) is 21.2 Å². The number of hydrogen-bond donors (Lipinski definition) is 1. The third-order valence-corrected chi connectivity index (χ3v) is 6.77. The fourth-order valence-corrected chi connectivity index (χ4v) is 5.24. The van der Waals surface area contributed by atoms with E-state index in [1.54, 1.807) is 12.1 Å². The second kappa shape index (κ2) is 6.06. The van der Waals surface area contributed by atoms with Gasteiger partial charge in [-0.15, -0.1) is 0 Å². The lowest BCUT2D eigenvalue weighted by Crippen LogP contribution is -2.59. The van der Waals surface area contributed by atoms with Crippen molar-refractivity contribution in [3.05, 3.63) is 34.3 Å². The summed E-state index contributed by atoms with van der Waals surface area (Å²) in [7, 11) is 0. The Morgan fingerprint density at radius 3 is 2.37 bits per heavy atom. The monoisotopic (exact) mass is 424 g/mol. The largest absolute Gasteiger partial charge is 0.447 e. The maximum Gasteiger partial charge on any atom is 0.217 e. The third-order valence-electron chi connectivity index (χ3n) is 6.24. The van der Waals surface area contributed by atoms with Crippen molar-refractivity contribution < 1.29 is 9.47 Å². The Kier molecular flexibility index (Phi) is 4.04. The fourth-order valence-electron chi connectivity index (χ4n) is 4.98. The zero-order chi connectivity index (χ0) is 19.3. The maximum absolute atomic E-state index is 10.2. The molecule has 27 heavy (non-hydrogen) atoms. The minimum atomic E-state index is -1.86. The number of nitrogens with zero attached hydrogens (tertiary/aromatic N) is 3. The van der Waals surface area contributed by atoms with Crippen molar-refractivity contribution in [3.8, 4) is 18.2 Å². The van der Waals surface area contributed by atoms with Crippen LogP contribution >= 0.6 is 15.9 Å². The number of rotatable bonds is 1. The van der Waals surface area contributed by atoms with Gasteiger partial charge in [0.05, 0.1) is 24.1 Å². The summed E-state index contributed by atoms with van der Waals surface area (Å²) in [6.07, 6.45) is 2.83. The molecular formula is C20H17BrN4O2. The summed E-state index contributed by atoms with van der Waals surface area (Å²) in [4.78, 5) is 0. The summed E-state index contributed by atoms with van der Waals surface area (Å²) in [6, 6.07) is 13.5. The molecule has 3 aliphatic rings. The number of nitrogens with one attached hydrogen (secondary N) is 1. The van der Waals surface area contributed by atoms with Gasteiger partial charge >= 0.3 is 0 Å². The van der Waals surface area contributed by atoms with Gasteiger partial charge in [-0.3, -0.25) is 5.41 Å². The van der Waals surface area contributed by atoms with Gasteiger partial charge in [0.1, 0.15) is 6.10 Å². The summed E-state index contributed by atoms with van der Waals surface area (Å²) < 4.78 is 13.2. The van der Waals surface area contributed by atoms with Crippen LogP contribution in [0.25, 0.3) is 0 Å². The number of halogens is 1. The van der Waals surface area contributed by atoms with Crippen LogP contribution < -0.4 is 0 Å². The molecule has 6 nitrogen and oxygen atoms in total. The molecule has 2 heterocycles. The van der Waals surface area contributed by atoms with Crippen molar-refractivity contribution in [3.63, 3.8) is 0 Å². The molecule has 1 saturated carbocycles. The lowest BCUT2D eigenvalue weighted by Gasteiger charge is -2.49. The molecule has 1 aliphatic carbocycles. The molecule has 0 amide bonds. The Morgan fingerprint density at radius 2 is 1.74 bits per heavy atom. The summed E-state index contributed by atoms with van der Waals surface area (Å²) >= 11 is 3.38. The molecule has 7 heteroatoms. The Hall–Kier alpha value is -2.40. The zero-order valence-corrected chi connectivity index (χ0v) is 16.1. The predicted octanol–water partition coefficient (Wildman–Crippen LogP) is 4.35. The minimum absolute atomic E-state index is 0.306. The second-order valence-electron chi connectivity index (χ2n) is 7.40. The molecule has 2 bridgehead atoms. The van der Waals surface area contributed by atoms with Gasteiger partial charge in [-0.2, -0.15) is 15.8 Å². The first kappa shape index (κ1) is 18.0. The number of benzene rings is 1. The summed E-state index contributed by atoms with van der Waals surface area (Å²) in [5.74, 6) is -1.94. The first-order valence-corrected chi connectivity index (χ1v) is 9.74. The van der Waals surface area contributed by atoms with Gasteiger partial charge in [-0.25, -0.2) is 0 Å². The van der Waals surface area contributed by atoms with Gasteiger partial charge in [0.25, 0.3) is 0 Å². The van der Waals surface area contributed by atoms with Crippen LogP contribution in [0.4, 0.5) is 0 Å². The molecular weight excluding hydrogens is 408 g/mol. The maximum atomic E-state index is 10.2. The smallest absolute Gasteiger partial charge is 0.217 e. The number of hydrogen-bond acceptors (Lipinski definition) is 6. The molecule has 4 atom stereocenters. The van der Waals surface area contributed by atoms with E-state index in [2.05, 4.69) is 34.1 Å². The zero-order valence-electron chi connectivity index (χ0n) is 14.5. The average Bonchev–Trinajstić information content (AvgIpc) is 2.81. The summed E-state index contributed by atoms with van der Waals surface area (Å²) in [5.41, 5.74) is -2.88. The number of ether oxygens (including phenoxy) is 2. The Balaban J connectivity index is 1.99. The van der Waals surface area contributed by atoms with Crippen molar-refractivity contribution in [2.75, 3.05) is 0 Å². The first-order valence-electron chi connectivity index (χ1n) is 8.95. The van der Waals surface area contributed by atoms with E-state index >= 15 is 0 Å². The van der Waals surface area contributed by atoms with Crippen LogP contribution in [0.2, 0.25) is 0 Å². The highest BCUT2D eigenvalue weighted by Crippen LogP contribution is 2.68. The minimum Gasteiger partial charge on any atom is -0.447 e. The van der Waals surface area contributed by atoms with Gasteiger partial charge in [-0.1, -0.05) is 40.9 Å². The summed E-state index contributed by atoms with van der Waals surface area (Å²) in [6.45, 7) is 0.